The van der Waals surface area contributed by atoms with Crippen LogP contribution in [0.15, 0.2) is 46.9 Å². The fourth-order valence-corrected chi connectivity index (χ4v) is 3.73. The molecule has 4 rings (SSSR count). The van der Waals surface area contributed by atoms with Crippen LogP contribution in [0.5, 0.6) is 0 Å². The summed E-state index contributed by atoms with van der Waals surface area (Å²) in [6.07, 6.45) is 0.769. The fraction of sp³-hybridized carbons (Fsp3) is 0.125. The topological polar surface area (TPSA) is 93.4 Å². The number of hydrogen-bond donors (Lipinski definition) is 2. The van der Waals surface area contributed by atoms with Gasteiger partial charge in [-0.25, -0.2) is 15.0 Å². The molecule has 0 spiro atoms. The van der Waals surface area contributed by atoms with E-state index in [1.165, 1.54) is 16.6 Å². The first-order valence-corrected chi connectivity index (χ1v) is 9.22. The number of fused-ring (bicyclic) bond motifs is 1. The largest absolute Gasteiger partial charge is 0.383 e. The van der Waals surface area contributed by atoms with E-state index in [1.54, 1.807) is 11.3 Å². The lowest BCUT2D eigenvalue weighted by Gasteiger charge is -2.03. The van der Waals surface area contributed by atoms with Crippen molar-refractivity contribution < 1.29 is 0 Å². The Morgan fingerprint density at radius 3 is 2.88 bits per heavy atom. The maximum atomic E-state index is 6.01. The van der Waals surface area contributed by atoms with Gasteiger partial charge in [0.25, 0.3) is 0 Å². The molecule has 0 saturated carbocycles. The molecule has 3 N–H and O–H groups in total. The van der Waals surface area contributed by atoms with Crippen LogP contribution in [-0.2, 0) is 12.2 Å². The number of para-hydroxylation sites is 1. The number of aromatic amines is 1. The number of nitrogens with two attached hydrogens (primary N) is 1. The molecule has 0 aliphatic heterocycles. The molecule has 3 heterocycles. The summed E-state index contributed by atoms with van der Waals surface area (Å²) in [5.74, 6) is 2.62. The maximum Gasteiger partial charge on any atom is 0.208 e. The summed E-state index contributed by atoms with van der Waals surface area (Å²) in [7, 11) is 0. The van der Waals surface area contributed by atoms with Gasteiger partial charge < -0.3 is 5.73 Å². The molecule has 120 valence electrons. The third-order valence-corrected chi connectivity index (χ3v) is 5.16. The smallest absolute Gasteiger partial charge is 0.208 e. The average Bonchev–Trinajstić information content (AvgIpc) is 3.25. The number of nitrogen functional groups attached to an aromatic ring is 1. The van der Waals surface area contributed by atoms with Crippen LogP contribution < -0.4 is 5.73 Å². The Bertz CT molecular complexity index is 964. The third-order valence-electron chi connectivity index (χ3n) is 3.44. The third kappa shape index (κ3) is 3.24. The van der Waals surface area contributed by atoms with Crippen LogP contribution in [-0.4, -0.2) is 25.1 Å². The molecule has 0 aliphatic rings. The highest BCUT2D eigenvalue weighted by Crippen LogP contribution is 2.22. The summed E-state index contributed by atoms with van der Waals surface area (Å²) in [5.41, 5.74) is 6.86. The molecule has 0 atom stereocenters. The minimum absolute atomic E-state index is 0.504. The number of H-pyrrole nitrogens is 1. The first kappa shape index (κ1) is 15.1. The van der Waals surface area contributed by atoms with E-state index in [0.29, 0.717) is 22.6 Å². The van der Waals surface area contributed by atoms with E-state index >= 15 is 0 Å². The molecule has 0 saturated heterocycles. The summed E-state index contributed by atoms with van der Waals surface area (Å²) in [6, 6.07) is 11.9. The molecule has 3 aromatic heterocycles. The zero-order chi connectivity index (χ0) is 16.4. The second-order valence-corrected chi connectivity index (χ2v) is 7.13. The molecule has 0 bridgehead atoms. The summed E-state index contributed by atoms with van der Waals surface area (Å²) < 4.78 is 0. The summed E-state index contributed by atoms with van der Waals surface area (Å²) >= 11 is 3.21. The lowest BCUT2D eigenvalue weighted by atomic mass is 10.2. The summed E-state index contributed by atoms with van der Waals surface area (Å²) in [6.45, 7) is 0. The Morgan fingerprint density at radius 2 is 2.00 bits per heavy atom. The van der Waals surface area contributed by atoms with E-state index in [4.69, 9.17) is 5.73 Å². The van der Waals surface area contributed by atoms with Crippen LogP contribution in [0.25, 0.3) is 10.9 Å². The van der Waals surface area contributed by atoms with Crippen molar-refractivity contribution in [3.8, 4) is 0 Å². The molecular formula is C16H14N6S2. The number of benzene rings is 1. The quantitative estimate of drug-likeness (QED) is 0.534. The molecule has 8 heteroatoms. The van der Waals surface area contributed by atoms with Crippen LogP contribution in [0, 0.1) is 0 Å². The molecule has 4 aromatic rings. The Balaban J connectivity index is 1.46. The van der Waals surface area contributed by atoms with Gasteiger partial charge in [-0.2, -0.15) is 0 Å². The van der Waals surface area contributed by atoms with Crippen molar-refractivity contribution in [1.82, 2.24) is 25.1 Å². The highest BCUT2D eigenvalue weighted by molar-refractivity contribution is 7.98. The normalized spacial score (nSPS) is 11.2. The number of anilines is 1. The lowest BCUT2D eigenvalue weighted by molar-refractivity contribution is 0.957. The average molecular weight is 354 g/mol. The predicted octanol–water partition coefficient (Wildman–Crippen LogP) is 3.27. The number of thioether (sulfide) groups is 1. The Kier molecular flexibility index (Phi) is 4.14. The second-order valence-electron chi connectivity index (χ2n) is 5.15. The number of nitrogens with zero attached hydrogens (tertiary/aromatic N) is 4. The first-order chi connectivity index (χ1) is 11.8. The van der Waals surface area contributed by atoms with Crippen LogP contribution in [0.1, 0.15) is 16.5 Å². The van der Waals surface area contributed by atoms with Gasteiger partial charge in [-0.05, 0) is 23.6 Å². The van der Waals surface area contributed by atoms with Gasteiger partial charge in [-0.3, -0.25) is 5.10 Å². The Hall–Kier alpha value is -2.45. The van der Waals surface area contributed by atoms with Crippen LogP contribution in [0.2, 0.25) is 0 Å². The molecule has 0 aliphatic carbocycles. The summed E-state index contributed by atoms with van der Waals surface area (Å²) in [5, 5.41) is 10.8. The monoisotopic (exact) mass is 354 g/mol. The van der Waals surface area contributed by atoms with Gasteiger partial charge >= 0.3 is 0 Å². The van der Waals surface area contributed by atoms with Gasteiger partial charge in [0, 0.05) is 16.7 Å². The zero-order valence-corrected chi connectivity index (χ0v) is 14.3. The maximum absolute atomic E-state index is 6.01. The summed E-state index contributed by atoms with van der Waals surface area (Å²) in [4.78, 5) is 14.7. The first-order valence-electron chi connectivity index (χ1n) is 7.35. The van der Waals surface area contributed by atoms with Gasteiger partial charge in [-0.1, -0.05) is 30.0 Å². The molecule has 0 unspecified atom stereocenters. The highest BCUT2D eigenvalue weighted by Gasteiger charge is 2.09. The van der Waals surface area contributed by atoms with E-state index in [1.807, 2.05) is 30.3 Å². The molecule has 0 amide bonds. The van der Waals surface area contributed by atoms with Crippen LogP contribution in [0.3, 0.4) is 0 Å². The molecule has 1 aromatic carbocycles. The Morgan fingerprint density at radius 1 is 1.08 bits per heavy atom. The number of aromatic nitrogens is 5. The lowest BCUT2D eigenvalue weighted by Crippen LogP contribution is -2.00. The van der Waals surface area contributed by atoms with Crippen molar-refractivity contribution in [2.75, 3.05) is 5.73 Å². The number of hydrogen-bond acceptors (Lipinski definition) is 7. The standard InChI is InChI=1S/C16H14N6S2/c17-15-11-5-1-2-6-12(11)18-14(19-15)9-24-16-20-13(21-22-16)8-10-4-3-7-23-10/h1-7H,8-9H2,(H2,17,18,19)(H,20,21,22). The number of rotatable bonds is 5. The second kappa shape index (κ2) is 6.58. The molecule has 0 fully saturated rings. The van der Waals surface area contributed by atoms with Crippen LogP contribution in [0.4, 0.5) is 5.82 Å². The van der Waals surface area contributed by atoms with Gasteiger partial charge in [0.05, 0.1) is 11.3 Å². The fourth-order valence-electron chi connectivity index (χ4n) is 2.34. The van der Waals surface area contributed by atoms with Crippen molar-refractivity contribution in [2.45, 2.75) is 17.3 Å². The van der Waals surface area contributed by atoms with E-state index < -0.39 is 0 Å². The van der Waals surface area contributed by atoms with Gasteiger partial charge in [0.1, 0.15) is 17.5 Å². The van der Waals surface area contributed by atoms with Gasteiger partial charge in [-0.15, -0.1) is 16.4 Å². The highest BCUT2D eigenvalue weighted by atomic mass is 32.2. The van der Waals surface area contributed by atoms with Gasteiger partial charge in [0.15, 0.2) is 0 Å². The molecule has 0 radical (unpaired) electrons. The zero-order valence-electron chi connectivity index (χ0n) is 12.6. The molecular weight excluding hydrogens is 340 g/mol. The predicted molar refractivity (Wildman–Crippen MR) is 97.0 cm³/mol. The van der Waals surface area contributed by atoms with Crippen molar-refractivity contribution in [3.63, 3.8) is 0 Å². The van der Waals surface area contributed by atoms with Crippen LogP contribution >= 0.6 is 23.1 Å². The minimum atomic E-state index is 0.504. The minimum Gasteiger partial charge on any atom is -0.383 e. The van der Waals surface area contributed by atoms with Gasteiger partial charge in [0.2, 0.25) is 5.16 Å². The van der Waals surface area contributed by atoms with Crippen molar-refractivity contribution in [2.24, 2.45) is 0 Å². The molecule has 6 nitrogen and oxygen atoms in total. The van der Waals surface area contributed by atoms with E-state index in [2.05, 4.69) is 36.6 Å². The van der Waals surface area contributed by atoms with E-state index in [-0.39, 0.29) is 0 Å². The Labute approximate surface area is 146 Å². The molecule has 24 heavy (non-hydrogen) atoms. The SMILES string of the molecule is Nc1nc(CSc2n[nH]c(Cc3cccs3)n2)nc2ccccc12. The van der Waals surface area contributed by atoms with Crippen molar-refractivity contribution in [3.05, 3.63) is 58.3 Å². The number of nitrogens with one attached hydrogen (secondary N) is 1. The van der Waals surface area contributed by atoms with Crippen molar-refractivity contribution >= 4 is 39.8 Å². The van der Waals surface area contributed by atoms with E-state index in [0.717, 1.165) is 23.1 Å². The van der Waals surface area contributed by atoms with E-state index in [9.17, 15) is 0 Å². The van der Waals surface area contributed by atoms with Crippen molar-refractivity contribution in [1.29, 1.82) is 0 Å². The number of thiophene rings is 1.